The van der Waals surface area contributed by atoms with Crippen molar-refractivity contribution in [1.29, 1.82) is 0 Å². The van der Waals surface area contributed by atoms with E-state index < -0.39 is 0 Å². The van der Waals surface area contributed by atoms with Crippen LogP contribution in [0.4, 0.5) is 5.13 Å². The molecule has 1 N–H and O–H groups in total. The molecular formula is C20H14ClN3OS2. The lowest BCUT2D eigenvalue weighted by Crippen LogP contribution is -2.11. The summed E-state index contributed by atoms with van der Waals surface area (Å²) in [5.41, 5.74) is 1.63. The lowest BCUT2D eigenvalue weighted by atomic mass is 10.1. The molecule has 27 heavy (non-hydrogen) atoms. The molecule has 1 heterocycles. The number of halogens is 1. The van der Waals surface area contributed by atoms with Crippen molar-refractivity contribution in [3.63, 3.8) is 0 Å². The molecule has 0 spiro atoms. The van der Waals surface area contributed by atoms with Gasteiger partial charge in [-0.3, -0.25) is 10.1 Å². The first-order valence-electron chi connectivity index (χ1n) is 8.19. The summed E-state index contributed by atoms with van der Waals surface area (Å²) in [5.74, 6) is 0.506. The molecule has 4 rings (SSSR count). The number of carbonyl (C=O) groups is 1. The number of thioether (sulfide) groups is 1. The van der Waals surface area contributed by atoms with Crippen LogP contribution >= 0.6 is 34.7 Å². The monoisotopic (exact) mass is 411 g/mol. The molecule has 0 unspecified atom stereocenters. The fourth-order valence-electron chi connectivity index (χ4n) is 2.57. The summed E-state index contributed by atoms with van der Waals surface area (Å²) in [6, 6.07) is 21.3. The van der Waals surface area contributed by atoms with E-state index in [0.29, 0.717) is 16.4 Å². The molecule has 3 aromatic carbocycles. The third kappa shape index (κ3) is 4.30. The summed E-state index contributed by atoms with van der Waals surface area (Å²) in [4.78, 5) is 12.5. The first kappa shape index (κ1) is 18.0. The van der Waals surface area contributed by atoms with Crippen LogP contribution in [-0.2, 0) is 5.75 Å². The third-order valence-electron chi connectivity index (χ3n) is 3.95. The number of nitrogens with zero attached hydrogens (tertiary/aromatic N) is 2. The van der Waals surface area contributed by atoms with Crippen LogP contribution in [0.5, 0.6) is 0 Å². The number of anilines is 1. The summed E-state index contributed by atoms with van der Waals surface area (Å²) in [7, 11) is 0. The number of nitrogens with one attached hydrogen (secondary N) is 1. The summed E-state index contributed by atoms with van der Waals surface area (Å²) in [6.07, 6.45) is 0. The van der Waals surface area contributed by atoms with Gasteiger partial charge in [-0.1, -0.05) is 83.2 Å². The Bertz CT molecular complexity index is 1110. The van der Waals surface area contributed by atoms with Gasteiger partial charge in [0.05, 0.1) is 0 Å². The zero-order valence-corrected chi connectivity index (χ0v) is 16.4. The number of hydrogen-bond acceptors (Lipinski definition) is 5. The average molecular weight is 412 g/mol. The fraction of sp³-hybridized carbons (Fsp3) is 0.0500. The van der Waals surface area contributed by atoms with Crippen molar-refractivity contribution in [3.05, 3.63) is 82.9 Å². The lowest BCUT2D eigenvalue weighted by molar-refractivity contribution is 0.102. The molecule has 0 aliphatic rings. The van der Waals surface area contributed by atoms with E-state index in [1.807, 2.05) is 66.7 Å². The largest absolute Gasteiger partial charge is 0.296 e. The number of amides is 1. The van der Waals surface area contributed by atoms with Crippen LogP contribution < -0.4 is 5.32 Å². The quantitative estimate of drug-likeness (QED) is 0.328. The van der Waals surface area contributed by atoms with Crippen molar-refractivity contribution in [2.45, 2.75) is 10.1 Å². The van der Waals surface area contributed by atoms with Crippen molar-refractivity contribution in [2.75, 3.05) is 5.32 Å². The normalized spacial score (nSPS) is 10.9. The Morgan fingerprint density at radius 3 is 2.63 bits per heavy atom. The molecule has 0 bridgehead atoms. The molecule has 0 aliphatic carbocycles. The summed E-state index contributed by atoms with van der Waals surface area (Å²) >= 11 is 9.06. The Labute approximate surface area is 169 Å². The topological polar surface area (TPSA) is 54.9 Å². The zero-order valence-electron chi connectivity index (χ0n) is 14.1. The molecule has 0 aliphatic heterocycles. The van der Waals surface area contributed by atoms with Crippen molar-refractivity contribution in [3.8, 4) is 0 Å². The van der Waals surface area contributed by atoms with Crippen LogP contribution in [0.2, 0.25) is 5.02 Å². The lowest BCUT2D eigenvalue weighted by Gasteiger charge is -2.03. The van der Waals surface area contributed by atoms with Gasteiger partial charge in [0.1, 0.15) is 0 Å². The molecule has 7 heteroatoms. The van der Waals surface area contributed by atoms with Crippen LogP contribution in [-0.4, -0.2) is 16.1 Å². The van der Waals surface area contributed by atoms with Crippen LogP contribution in [0.3, 0.4) is 0 Å². The SMILES string of the molecule is O=C(Nc1nnc(SCc2ccccc2Cl)s1)c1ccc2ccccc2c1. The first-order chi connectivity index (χ1) is 13.2. The molecule has 4 nitrogen and oxygen atoms in total. The molecule has 1 amide bonds. The van der Waals surface area contributed by atoms with Gasteiger partial charge < -0.3 is 0 Å². The second-order valence-electron chi connectivity index (χ2n) is 5.77. The molecule has 0 fully saturated rings. The van der Waals surface area contributed by atoms with Gasteiger partial charge in [-0.2, -0.15) is 0 Å². The van der Waals surface area contributed by atoms with E-state index in [2.05, 4.69) is 15.5 Å². The smallest absolute Gasteiger partial charge is 0.257 e. The van der Waals surface area contributed by atoms with E-state index in [9.17, 15) is 4.79 Å². The maximum absolute atomic E-state index is 12.5. The molecular weight excluding hydrogens is 398 g/mol. The molecule has 134 valence electrons. The van der Waals surface area contributed by atoms with Gasteiger partial charge in [0.2, 0.25) is 5.13 Å². The van der Waals surface area contributed by atoms with Gasteiger partial charge in [-0.05, 0) is 34.5 Å². The molecule has 1 aromatic heterocycles. The minimum atomic E-state index is -0.195. The number of aromatic nitrogens is 2. The Hall–Kier alpha value is -2.41. The highest BCUT2D eigenvalue weighted by molar-refractivity contribution is 8.00. The van der Waals surface area contributed by atoms with Crippen molar-refractivity contribution in [2.24, 2.45) is 0 Å². The van der Waals surface area contributed by atoms with Crippen LogP contribution in [0.25, 0.3) is 10.8 Å². The minimum absolute atomic E-state index is 0.195. The van der Waals surface area contributed by atoms with Crippen molar-refractivity contribution < 1.29 is 4.79 Å². The molecule has 0 saturated heterocycles. The summed E-state index contributed by atoms with van der Waals surface area (Å²) in [6.45, 7) is 0. The number of rotatable bonds is 5. The van der Waals surface area contributed by atoms with Gasteiger partial charge in [-0.15, -0.1) is 10.2 Å². The minimum Gasteiger partial charge on any atom is -0.296 e. The third-order valence-corrected chi connectivity index (χ3v) is 6.34. The van der Waals surface area contributed by atoms with Gasteiger partial charge in [0.15, 0.2) is 4.34 Å². The highest BCUT2D eigenvalue weighted by Gasteiger charge is 2.11. The standard InChI is InChI=1S/C20H14ClN3OS2/c21-17-8-4-3-7-16(17)12-26-20-24-23-19(27-20)22-18(25)15-10-9-13-5-1-2-6-14(13)11-15/h1-11H,12H2,(H,22,23,25). The Balaban J connectivity index is 1.42. The molecule has 0 atom stereocenters. The Morgan fingerprint density at radius 2 is 1.78 bits per heavy atom. The second kappa shape index (κ2) is 8.08. The van der Waals surface area contributed by atoms with E-state index >= 15 is 0 Å². The van der Waals surface area contributed by atoms with Gasteiger partial charge in [0, 0.05) is 16.3 Å². The predicted molar refractivity (Wildman–Crippen MR) is 113 cm³/mol. The molecule has 0 radical (unpaired) electrons. The van der Waals surface area contributed by atoms with Gasteiger partial charge in [-0.25, -0.2) is 0 Å². The zero-order chi connectivity index (χ0) is 18.6. The number of fused-ring (bicyclic) bond motifs is 1. The van der Waals surface area contributed by atoms with E-state index in [4.69, 9.17) is 11.6 Å². The van der Waals surface area contributed by atoms with Crippen molar-refractivity contribution in [1.82, 2.24) is 10.2 Å². The van der Waals surface area contributed by atoms with E-state index in [1.165, 1.54) is 11.3 Å². The van der Waals surface area contributed by atoms with Crippen LogP contribution in [0, 0.1) is 0 Å². The Morgan fingerprint density at radius 1 is 1.00 bits per heavy atom. The predicted octanol–water partition coefficient (Wildman–Crippen LogP) is 5.89. The molecule has 4 aromatic rings. The maximum Gasteiger partial charge on any atom is 0.257 e. The van der Waals surface area contributed by atoms with E-state index in [1.54, 1.807) is 11.8 Å². The van der Waals surface area contributed by atoms with E-state index in [-0.39, 0.29) is 5.91 Å². The van der Waals surface area contributed by atoms with Crippen LogP contribution in [0.1, 0.15) is 15.9 Å². The number of carbonyl (C=O) groups excluding carboxylic acids is 1. The second-order valence-corrected chi connectivity index (χ2v) is 8.38. The van der Waals surface area contributed by atoms with E-state index in [0.717, 1.165) is 25.7 Å². The highest BCUT2D eigenvalue weighted by atomic mass is 35.5. The first-order valence-corrected chi connectivity index (χ1v) is 10.4. The number of hydrogen-bond donors (Lipinski definition) is 1. The summed E-state index contributed by atoms with van der Waals surface area (Å²) < 4.78 is 0.781. The molecule has 0 saturated carbocycles. The summed E-state index contributed by atoms with van der Waals surface area (Å²) in [5, 5.41) is 14.4. The Kier molecular flexibility index (Phi) is 5.38. The maximum atomic E-state index is 12.5. The van der Waals surface area contributed by atoms with Crippen LogP contribution in [0.15, 0.2) is 71.1 Å². The number of benzene rings is 3. The van der Waals surface area contributed by atoms with Crippen molar-refractivity contribution >= 4 is 56.5 Å². The highest BCUT2D eigenvalue weighted by Crippen LogP contribution is 2.30. The van der Waals surface area contributed by atoms with Gasteiger partial charge in [0.25, 0.3) is 5.91 Å². The average Bonchev–Trinajstić information content (AvgIpc) is 3.14. The van der Waals surface area contributed by atoms with Gasteiger partial charge >= 0.3 is 0 Å². The fourth-order valence-corrected chi connectivity index (χ4v) is 4.61.